The van der Waals surface area contributed by atoms with Crippen LogP contribution in [0.25, 0.3) is 0 Å². The number of benzene rings is 2. The third-order valence-corrected chi connectivity index (χ3v) is 5.72. The highest BCUT2D eigenvalue weighted by molar-refractivity contribution is 5.92. The Kier molecular flexibility index (Phi) is 7.76. The largest absolute Gasteiger partial charge is 0.348 e. The second kappa shape index (κ2) is 10.5. The molecule has 2 amide bonds. The molecule has 1 atom stereocenters. The summed E-state index contributed by atoms with van der Waals surface area (Å²) in [5, 5.41) is 5.80. The summed E-state index contributed by atoms with van der Waals surface area (Å²) in [5.41, 5.74) is 4.02. The molecule has 2 N–H and O–H groups in total. The molecule has 0 spiro atoms. The van der Waals surface area contributed by atoms with Gasteiger partial charge in [-0.2, -0.15) is 0 Å². The number of anilines is 1. The van der Waals surface area contributed by atoms with Crippen molar-refractivity contribution in [2.75, 3.05) is 44.6 Å². The minimum absolute atomic E-state index is 0.00280. The van der Waals surface area contributed by atoms with E-state index < -0.39 is 0 Å². The molecule has 166 valence electrons. The number of hydrogen-bond acceptors (Lipinski definition) is 4. The summed E-state index contributed by atoms with van der Waals surface area (Å²) in [6.45, 7) is 9.60. The Bertz CT molecular complexity index is 926. The predicted octanol–water partition coefficient (Wildman–Crippen LogP) is 2.88. The lowest BCUT2D eigenvalue weighted by molar-refractivity contribution is -0.124. The van der Waals surface area contributed by atoms with Gasteiger partial charge in [0, 0.05) is 31.9 Å². The highest BCUT2D eigenvalue weighted by Crippen LogP contribution is 2.17. The molecule has 2 aromatic rings. The average Bonchev–Trinajstić information content (AvgIpc) is 2.71. The van der Waals surface area contributed by atoms with E-state index in [4.69, 9.17) is 0 Å². The van der Waals surface area contributed by atoms with Crippen LogP contribution < -0.4 is 10.6 Å². The van der Waals surface area contributed by atoms with E-state index in [1.807, 2.05) is 11.8 Å². The first-order valence-corrected chi connectivity index (χ1v) is 10.7. The SMILES string of the molecule is Cc1ccc([C@H](C)NC(=O)CN2CCN(CC(=O)Nc3cccc(F)c3)CC2)cc1C. The van der Waals surface area contributed by atoms with Gasteiger partial charge in [-0.1, -0.05) is 24.3 Å². The minimum Gasteiger partial charge on any atom is -0.348 e. The lowest BCUT2D eigenvalue weighted by Crippen LogP contribution is -2.51. The molecule has 1 saturated heterocycles. The third kappa shape index (κ3) is 6.87. The molecule has 0 aliphatic carbocycles. The standard InChI is InChI=1S/C24H31FN4O2/c1-17-7-8-20(13-18(17)2)19(3)26-23(30)15-28-9-11-29(12-10-28)16-24(31)27-22-6-4-5-21(25)14-22/h4-8,13-14,19H,9-12,15-16H2,1-3H3,(H,26,30)(H,27,31)/t19-/m0/s1. The van der Waals surface area contributed by atoms with Crippen LogP contribution >= 0.6 is 0 Å². The zero-order valence-electron chi connectivity index (χ0n) is 18.5. The van der Waals surface area contributed by atoms with Crippen molar-refractivity contribution in [3.8, 4) is 0 Å². The number of rotatable bonds is 7. The number of hydrogen-bond donors (Lipinski definition) is 2. The Morgan fingerprint density at radius 3 is 2.19 bits per heavy atom. The maximum absolute atomic E-state index is 13.2. The van der Waals surface area contributed by atoms with Crippen molar-refractivity contribution in [1.29, 1.82) is 0 Å². The molecular formula is C24H31FN4O2. The van der Waals surface area contributed by atoms with Crippen molar-refractivity contribution in [2.45, 2.75) is 26.8 Å². The molecule has 2 aromatic carbocycles. The van der Waals surface area contributed by atoms with Gasteiger partial charge in [0.05, 0.1) is 19.1 Å². The molecule has 0 unspecified atom stereocenters. The van der Waals surface area contributed by atoms with Crippen molar-refractivity contribution >= 4 is 17.5 Å². The van der Waals surface area contributed by atoms with E-state index in [-0.39, 0.29) is 30.2 Å². The zero-order valence-corrected chi connectivity index (χ0v) is 18.5. The molecule has 6 nitrogen and oxygen atoms in total. The molecule has 3 rings (SSSR count). The van der Waals surface area contributed by atoms with Gasteiger partial charge < -0.3 is 10.6 Å². The van der Waals surface area contributed by atoms with E-state index in [0.29, 0.717) is 25.3 Å². The van der Waals surface area contributed by atoms with Gasteiger partial charge in [0.2, 0.25) is 11.8 Å². The number of nitrogens with one attached hydrogen (secondary N) is 2. The first kappa shape index (κ1) is 22.9. The number of carbonyl (C=O) groups excluding carboxylic acids is 2. The first-order valence-electron chi connectivity index (χ1n) is 10.7. The third-order valence-electron chi connectivity index (χ3n) is 5.72. The van der Waals surface area contributed by atoms with E-state index >= 15 is 0 Å². The summed E-state index contributed by atoms with van der Waals surface area (Å²) < 4.78 is 13.2. The minimum atomic E-state index is -0.378. The molecule has 0 bridgehead atoms. The van der Waals surface area contributed by atoms with Crippen LogP contribution in [0.1, 0.15) is 29.7 Å². The molecule has 0 aromatic heterocycles. The van der Waals surface area contributed by atoms with E-state index in [1.54, 1.807) is 12.1 Å². The lowest BCUT2D eigenvalue weighted by Gasteiger charge is -2.34. The second-order valence-electron chi connectivity index (χ2n) is 8.24. The van der Waals surface area contributed by atoms with Gasteiger partial charge >= 0.3 is 0 Å². The van der Waals surface area contributed by atoms with Crippen molar-refractivity contribution < 1.29 is 14.0 Å². The molecule has 0 radical (unpaired) electrons. The normalized spacial score (nSPS) is 16.0. The maximum atomic E-state index is 13.2. The lowest BCUT2D eigenvalue weighted by atomic mass is 10.0. The van der Waals surface area contributed by atoms with E-state index in [1.165, 1.54) is 23.3 Å². The quantitative estimate of drug-likeness (QED) is 0.715. The van der Waals surface area contributed by atoms with Gasteiger partial charge in [-0.05, 0) is 55.7 Å². The van der Waals surface area contributed by atoms with Gasteiger partial charge in [-0.15, -0.1) is 0 Å². The predicted molar refractivity (Wildman–Crippen MR) is 120 cm³/mol. The topological polar surface area (TPSA) is 64.7 Å². The van der Waals surface area contributed by atoms with Crippen LogP contribution in [-0.4, -0.2) is 60.9 Å². The molecule has 1 aliphatic rings. The van der Waals surface area contributed by atoms with E-state index in [2.05, 4.69) is 47.6 Å². The van der Waals surface area contributed by atoms with Gasteiger partial charge in [-0.3, -0.25) is 19.4 Å². The van der Waals surface area contributed by atoms with Crippen molar-refractivity contribution in [2.24, 2.45) is 0 Å². The van der Waals surface area contributed by atoms with Gasteiger partial charge in [0.25, 0.3) is 0 Å². The Morgan fingerprint density at radius 2 is 1.58 bits per heavy atom. The molecule has 1 aliphatic heterocycles. The van der Waals surface area contributed by atoms with Crippen LogP contribution in [0.5, 0.6) is 0 Å². The second-order valence-corrected chi connectivity index (χ2v) is 8.24. The fourth-order valence-electron chi connectivity index (χ4n) is 3.68. The summed E-state index contributed by atoms with van der Waals surface area (Å²) in [6, 6.07) is 12.1. The molecule has 0 saturated carbocycles. The number of amides is 2. The van der Waals surface area contributed by atoms with Crippen LogP contribution in [0.2, 0.25) is 0 Å². The van der Waals surface area contributed by atoms with Crippen LogP contribution in [0.4, 0.5) is 10.1 Å². The summed E-state index contributed by atoms with van der Waals surface area (Å²) in [6.07, 6.45) is 0. The monoisotopic (exact) mass is 426 g/mol. The molecule has 1 fully saturated rings. The first-order chi connectivity index (χ1) is 14.8. The summed E-state index contributed by atoms with van der Waals surface area (Å²) in [4.78, 5) is 28.8. The van der Waals surface area contributed by atoms with Crippen molar-refractivity contribution in [3.05, 3.63) is 65.0 Å². The van der Waals surface area contributed by atoms with Crippen molar-refractivity contribution in [3.63, 3.8) is 0 Å². The number of nitrogens with zero attached hydrogens (tertiary/aromatic N) is 2. The maximum Gasteiger partial charge on any atom is 0.238 e. The fourth-order valence-corrected chi connectivity index (χ4v) is 3.68. The van der Waals surface area contributed by atoms with E-state index in [0.717, 1.165) is 18.7 Å². The highest BCUT2D eigenvalue weighted by Gasteiger charge is 2.21. The smallest absolute Gasteiger partial charge is 0.238 e. The Morgan fingerprint density at radius 1 is 0.935 bits per heavy atom. The van der Waals surface area contributed by atoms with Gasteiger partial charge in [0.1, 0.15) is 5.82 Å². The average molecular weight is 427 g/mol. The molecule has 31 heavy (non-hydrogen) atoms. The van der Waals surface area contributed by atoms with E-state index in [9.17, 15) is 14.0 Å². The number of aryl methyl sites for hydroxylation is 2. The number of piperazine rings is 1. The van der Waals surface area contributed by atoms with Crippen LogP contribution in [-0.2, 0) is 9.59 Å². The summed E-state index contributed by atoms with van der Waals surface area (Å²) in [5.74, 6) is -0.543. The molecule has 7 heteroatoms. The summed E-state index contributed by atoms with van der Waals surface area (Å²) >= 11 is 0. The molecular weight excluding hydrogens is 395 g/mol. The van der Waals surface area contributed by atoms with Gasteiger partial charge in [-0.25, -0.2) is 4.39 Å². The van der Waals surface area contributed by atoms with Crippen LogP contribution in [0.3, 0.4) is 0 Å². The number of halogens is 1. The molecule has 1 heterocycles. The zero-order chi connectivity index (χ0) is 22.4. The summed E-state index contributed by atoms with van der Waals surface area (Å²) in [7, 11) is 0. The van der Waals surface area contributed by atoms with Crippen LogP contribution in [0, 0.1) is 19.7 Å². The highest BCUT2D eigenvalue weighted by atomic mass is 19.1. The number of carbonyl (C=O) groups is 2. The van der Waals surface area contributed by atoms with Crippen molar-refractivity contribution in [1.82, 2.24) is 15.1 Å². The Hall–Kier alpha value is -2.77. The Labute approximate surface area is 183 Å². The Balaban J connectivity index is 1.39. The fraction of sp³-hybridized carbons (Fsp3) is 0.417. The van der Waals surface area contributed by atoms with Crippen LogP contribution in [0.15, 0.2) is 42.5 Å². The van der Waals surface area contributed by atoms with Gasteiger partial charge in [0.15, 0.2) is 0 Å².